The number of hydrogen-bond donors (Lipinski definition) is 2. The summed E-state index contributed by atoms with van der Waals surface area (Å²) in [4.78, 5) is 16.1. The first-order chi connectivity index (χ1) is 9.26. The second kappa shape index (κ2) is 6.67. The van der Waals surface area contributed by atoms with E-state index < -0.39 is 10.0 Å². The number of nitrogens with zero attached hydrogens (tertiary/aromatic N) is 2. The molecule has 0 aliphatic rings. The lowest BCUT2D eigenvalue weighted by Crippen LogP contribution is -2.34. The van der Waals surface area contributed by atoms with Gasteiger partial charge in [0.2, 0.25) is 10.0 Å². The highest BCUT2D eigenvalue weighted by atomic mass is 32.2. The molecule has 0 spiro atoms. The minimum Gasteiger partial charge on any atom is -0.373 e. The molecule has 0 fully saturated rings. The monoisotopic (exact) mass is 300 g/mol. The van der Waals surface area contributed by atoms with E-state index >= 15 is 0 Å². The van der Waals surface area contributed by atoms with Crippen molar-refractivity contribution in [3.8, 4) is 0 Å². The van der Waals surface area contributed by atoms with Crippen LogP contribution < -0.4 is 10.6 Å². The van der Waals surface area contributed by atoms with Crippen molar-refractivity contribution in [2.24, 2.45) is 0 Å². The molecule has 0 saturated carbocycles. The van der Waals surface area contributed by atoms with Gasteiger partial charge in [0.1, 0.15) is 5.82 Å². The Morgan fingerprint density at radius 3 is 2.55 bits per heavy atom. The lowest BCUT2D eigenvalue weighted by molar-refractivity contribution is 0.0956. The van der Waals surface area contributed by atoms with Crippen molar-refractivity contribution in [1.82, 2.24) is 14.6 Å². The number of sulfonamides is 1. The Hall–Kier alpha value is -1.67. The van der Waals surface area contributed by atoms with Crippen molar-refractivity contribution in [3.05, 3.63) is 23.4 Å². The topological polar surface area (TPSA) is 91.4 Å². The Morgan fingerprint density at radius 2 is 2.00 bits per heavy atom. The molecule has 0 atom stereocenters. The van der Waals surface area contributed by atoms with E-state index in [-0.39, 0.29) is 18.2 Å². The van der Waals surface area contributed by atoms with E-state index in [1.165, 1.54) is 14.1 Å². The fourth-order valence-corrected chi connectivity index (χ4v) is 2.23. The van der Waals surface area contributed by atoms with Gasteiger partial charge in [0.25, 0.3) is 5.91 Å². The summed E-state index contributed by atoms with van der Waals surface area (Å²) in [5.41, 5.74) is 1.16. The van der Waals surface area contributed by atoms with Crippen LogP contribution >= 0.6 is 0 Å². The Labute approximate surface area is 119 Å². The molecule has 1 amide bonds. The number of carbonyl (C=O) groups excluding carboxylic acids is 1. The van der Waals surface area contributed by atoms with Crippen molar-refractivity contribution >= 4 is 21.7 Å². The molecule has 0 bridgehead atoms. The van der Waals surface area contributed by atoms with E-state index in [2.05, 4.69) is 15.6 Å². The third kappa shape index (κ3) is 4.46. The van der Waals surface area contributed by atoms with E-state index in [1.807, 2.05) is 0 Å². The minimum atomic E-state index is -3.30. The summed E-state index contributed by atoms with van der Waals surface area (Å²) in [6.45, 7) is 1.85. The highest BCUT2D eigenvalue weighted by Crippen LogP contribution is 2.09. The van der Waals surface area contributed by atoms with Crippen LogP contribution in [0.25, 0.3) is 0 Å². The average molecular weight is 300 g/mol. The van der Waals surface area contributed by atoms with Gasteiger partial charge in [-0.15, -0.1) is 0 Å². The molecule has 0 radical (unpaired) electrons. The number of anilines is 1. The molecule has 0 aliphatic carbocycles. The first-order valence-electron chi connectivity index (χ1n) is 6.11. The van der Waals surface area contributed by atoms with Crippen molar-refractivity contribution < 1.29 is 13.2 Å². The predicted molar refractivity (Wildman–Crippen MR) is 78.3 cm³/mol. The lowest BCUT2D eigenvalue weighted by atomic mass is 10.2. The molecule has 0 unspecified atom stereocenters. The van der Waals surface area contributed by atoms with Crippen LogP contribution in [0.15, 0.2) is 12.1 Å². The number of aryl methyl sites for hydroxylation is 1. The van der Waals surface area contributed by atoms with E-state index in [0.717, 1.165) is 4.31 Å². The van der Waals surface area contributed by atoms with Crippen molar-refractivity contribution in [1.29, 1.82) is 0 Å². The number of carbonyl (C=O) groups is 1. The molecule has 1 aromatic heterocycles. The molecule has 0 aromatic carbocycles. The van der Waals surface area contributed by atoms with E-state index in [0.29, 0.717) is 17.1 Å². The summed E-state index contributed by atoms with van der Waals surface area (Å²) >= 11 is 0. The van der Waals surface area contributed by atoms with Crippen molar-refractivity contribution in [2.75, 3.05) is 38.8 Å². The molecule has 8 heteroatoms. The average Bonchev–Trinajstić information content (AvgIpc) is 2.37. The summed E-state index contributed by atoms with van der Waals surface area (Å²) in [6.07, 6.45) is 0. The van der Waals surface area contributed by atoms with E-state index in [9.17, 15) is 13.2 Å². The molecule has 0 saturated heterocycles. The van der Waals surface area contributed by atoms with Crippen LogP contribution in [0.2, 0.25) is 0 Å². The molecule has 0 aliphatic heterocycles. The van der Waals surface area contributed by atoms with E-state index in [1.54, 1.807) is 26.1 Å². The number of hydrogen-bond acceptors (Lipinski definition) is 5. The Bertz CT molecular complexity index is 584. The molecular formula is C12H20N4O3S. The van der Waals surface area contributed by atoms with Crippen LogP contribution in [-0.4, -0.2) is 57.1 Å². The summed E-state index contributed by atoms with van der Waals surface area (Å²) in [5.74, 6) is 0.145. The number of rotatable bonds is 6. The van der Waals surface area contributed by atoms with Crippen LogP contribution in [0.1, 0.15) is 16.1 Å². The van der Waals surface area contributed by atoms with Gasteiger partial charge >= 0.3 is 0 Å². The van der Waals surface area contributed by atoms with E-state index in [4.69, 9.17) is 0 Å². The third-order valence-electron chi connectivity index (χ3n) is 2.67. The van der Waals surface area contributed by atoms with Crippen LogP contribution in [0.3, 0.4) is 0 Å². The molecule has 1 rings (SSSR count). The standard InChI is InChI=1S/C12H20N4O3S/c1-9-7-10(8-11(13-2)15-9)12(17)14-5-6-20(18,19)16(3)4/h7-8H,5-6H2,1-4H3,(H,13,15)(H,14,17). The van der Waals surface area contributed by atoms with Gasteiger partial charge in [0.15, 0.2) is 0 Å². The first-order valence-corrected chi connectivity index (χ1v) is 7.72. The summed E-state index contributed by atoms with van der Waals surface area (Å²) in [5, 5.41) is 5.45. The highest BCUT2D eigenvalue weighted by molar-refractivity contribution is 7.89. The maximum atomic E-state index is 11.9. The zero-order chi connectivity index (χ0) is 15.3. The van der Waals surface area contributed by atoms with Crippen molar-refractivity contribution in [2.45, 2.75) is 6.92 Å². The van der Waals surface area contributed by atoms with Gasteiger partial charge in [-0.3, -0.25) is 4.79 Å². The fraction of sp³-hybridized carbons (Fsp3) is 0.500. The lowest BCUT2D eigenvalue weighted by Gasteiger charge is -2.12. The van der Waals surface area contributed by atoms with Crippen LogP contribution in [-0.2, 0) is 10.0 Å². The number of nitrogens with one attached hydrogen (secondary N) is 2. The number of aromatic nitrogens is 1. The van der Waals surface area contributed by atoms with Crippen LogP contribution in [0, 0.1) is 6.92 Å². The molecule has 2 N–H and O–H groups in total. The fourth-order valence-electron chi connectivity index (χ4n) is 1.51. The molecular weight excluding hydrogens is 280 g/mol. The number of pyridine rings is 1. The second-order valence-corrected chi connectivity index (χ2v) is 6.79. The second-order valence-electron chi connectivity index (χ2n) is 4.49. The molecule has 1 heterocycles. The maximum Gasteiger partial charge on any atom is 0.251 e. The van der Waals surface area contributed by atoms with Gasteiger partial charge < -0.3 is 10.6 Å². The van der Waals surface area contributed by atoms with Gasteiger partial charge in [-0.1, -0.05) is 0 Å². The van der Waals surface area contributed by atoms with Gasteiger partial charge in [-0.25, -0.2) is 17.7 Å². The molecule has 7 nitrogen and oxygen atoms in total. The smallest absolute Gasteiger partial charge is 0.251 e. The maximum absolute atomic E-state index is 11.9. The summed E-state index contributed by atoms with van der Waals surface area (Å²) < 4.78 is 24.2. The normalized spacial score (nSPS) is 11.4. The Morgan fingerprint density at radius 1 is 1.35 bits per heavy atom. The largest absolute Gasteiger partial charge is 0.373 e. The third-order valence-corrected chi connectivity index (χ3v) is 4.51. The van der Waals surface area contributed by atoms with Gasteiger partial charge in [0.05, 0.1) is 5.75 Å². The summed E-state index contributed by atoms with van der Waals surface area (Å²) in [6, 6.07) is 3.26. The predicted octanol–water partition coefficient (Wildman–Crippen LogP) is 0.0529. The zero-order valence-electron chi connectivity index (χ0n) is 12.1. The minimum absolute atomic E-state index is 0.0651. The Balaban J connectivity index is 2.66. The molecule has 112 valence electrons. The van der Waals surface area contributed by atoms with Crippen molar-refractivity contribution in [3.63, 3.8) is 0 Å². The van der Waals surface area contributed by atoms with Crippen LogP contribution in [0.5, 0.6) is 0 Å². The van der Waals surface area contributed by atoms with Gasteiger partial charge in [-0.2, -0.15) is 0 Å². The zero-order valence-corrected chi connectivity index (χ0v) is 12.9. The van der Waals surface area contributed by atoms with Gasteiger partial charge in [-0.05, 0) is 19.1 Å². The summed E-state index contributed by atoms with van der Waals surface area (Å²) in [7, 11) is 1.33. The number of amides is 1. The molecule has 20 heavy (non-hydrogen) atoms. The Kier molecular flexibility index (Phi) is 5.46. The highest BCUT2D eigenvalue weighted by Gasteiger charge is 2.14. The molecule has 1 aromatic rings. The quantitative estimate of drug-likeness (QED) is 0.775. The SMILES string of the molecule is CNc1cc(C(=O)NCCS(=O)(=O)N(C)C)cc(C)n1. The first kappa shape index (κ1) is 16.4. The van der Waals surface area contributed by atoms with Crippen LogP contribution in [0.4, 0.5) is 5.82 Å². The van der Waals surface area contributed by atoms with Gasteiger partial charge in [0, 0.05) is 38.9 Å².